The van der Waals surface area contributed by atoms with E-state index in [1.54, 1.807) is 12.1 Å². The molecule has 4 rings (SSSR count). The molecular formula is C25H21FN2O2S. The van der Waals surface area contributed by atoms with Gasteiger partial charge in [-0.3, -0.25) is 4.79 Å². The summed E-state index contributed by atoms with van der Waals surface area (Å²) in [6.45, 7) is 2.47. The zero-order chi connectivity index (χ0) is 21.6. The number of thioether (sulfide) groups is 1. The van der Waals surface area contributed by atoms with Crippen molar-refractivity contribution >= 4 is 34.6 Å². The predicted octanol–water partition coefficient (Wildman–Crippen LogP) is 5.86. The fraction of sp³-hybridized carbons (Fsp3) is 0.120. The summed E-state index contributed by atoms with van der Waals surface area (Å²) < 4.78 is 18.7. The lowest BCUT2D eigenvalue weighted by atomic mass is 10.2. The summed E-state index contributed by atoms with van der Waals surface area (Å²) >= 11 is 1.32. The van der Waals surface area contributed by atoms with Crippen LogP contribution in [0.4, 0.5) is 10.1 Å². The number of hydrogen-bond donors (Lipinski definition) is 1. The minimum atomic E-state index is -0.266. The molecule has 1 aliphatic heterocycles. The summed E-state index contributed by atoms with van der Waals surface area (Å²) in [4.78, 5) is 17.4. The van der Waals surface area contributed by atoms with Crippen LogP contribution in [0.3, 0.4) is 0 Å². The van der Waals surface area contributed by atoms with E-state index in [4.69, 9.17) is 4.74 Å². The van der Waals surface area contributed by atoms with Crippen molar-refractivity contribution in [3.63, 3.8) is 0 Å². The lowest BCUT2D eigenvalue weighted by Gasteiger charge is -2.06. The van der Waals surface area contributed by atoms with Crippen LogP contribution in [-0.4, -0.2) is 11.1 Å². The molecule has 4 nitrogen and oxygen atoms in total. The van der Waals surface area contributed by atoms with Gasteiger partial charge in [0.05, 0.1) is 10.6 Å². The molecule has 6 heteroatoms. The lowest BCUT2D eigenvalue weighted by Crippen LogP contribution is -2.19. The maximum atomic E-state index is 13.0. The number of halogens is 1. The van der Waals surface area contributed by atoms with E-state index in [1.807, 2.05) is 54.6 Å². The second kappa shape index (κ2) is 9.62. The first-order valence-electron chi connectivity index (χ1n) is 9.95. The van der Waals surface area contributed by atoms with E-state index in [9.17, 15) is 9.18 Å². The fourth-order valence-corrected chi connectivity index (χ4v) is 3.80. The molecule has 0 atom stereocenters. The van der Waals surface area contributed by atoms with Gasteiger partial charge in [0.25, 0.3) is 5.91 Å². The number of nitrogens with zero attached hydrogens (tertiary/aromatic N) is 1. The molecule has 31 heavy (non-hydrogen) atoms. The topological polar surface area (TPSA) is 50.7 Å². The molecule has 0 aromatic heterocycles. The van der Waals surface area contributed by atoms with E-state index in [1.165, 1.54) is 29.5 Å². The van der Waals surface area contributed by atoms with Gasteiger partial charge in [-0.25, -0.2) is 9.38 Å². The first kappa shape index (κ1) is 20.9. The maximum absolute atomic E-state index is 13.0. The monoisotopic (exact) mass is 432 g/mol. The molecule has 0 saturated carbocycles. The van der Waals surface area contributed by atoms with Gasteiger partial charge in [0.1, 0.15) is 18.2 Å². The molecule has 3 aromatic carbocycles. The Labute approximate surface area is 184 Å². The van der Waals surface area contributed by atoms with E-state index in [2.05, 4.69) is 17.2 Å². The minimum absolute atomic E-state index is 0.162. The SMILES string of the molecule is CCc1ccc(N=C2NC(=O)/C(=C/c3ccc(OCc4ccc(F)cc4)cc3)S2)cc1. The van der Waals surface area contributed by atoms with Crippen molar-refractivity contribution in [2.75, 3.05) is 0 Å². The second-order valence-corrected chi connectivity index (χ2v) is 8.02. The van der Waals surface area contributed by atoms with Gasteiger partial charge < -0.3 is 10.1 Å². The van der Waals surface area contributed by atoms with Crippen LogP contribution in [0, 0.1) is 5.82 Å². The maximum Gasteiger partial charge on any atom is 0.264 e. The highest BCUT2D eigenvalue weighted by Crippen LogP contribution is 2.28. The van der Waals surface area contributed by atoms with Crippen LogP contribution in [0.2, 0.25) is 0 Å². The Morgan fingerprint density at radius 1 is 0.968 bits per heavy atom. The molecule has 1 N–H and O–H groups in total. The zero-order valence-electron chi connectivity index (χ0n) is 17.0. The number of aryl methyl sites for hydroxylation is 1. The Bertz CT molecular complexity index is 1120. The highest BCUT2D eigenvalue weighted by atomic mass is 32.2. The summed E-state index contributed by atoms with van der Waals surface area (Å²) in [7, 11) is 0. The van der Waals surface area contributed by atoms with Crippen molar-refractivity contribution in [1.29, 1.82) is 0 Å². The molecule has 0 unspecified atom stereocenters. The smallest absolute Gasteiger partial charge is 0.264 e. The van der Waals surface area contributed by atoms with Crippen molar-refractivity contribution in [2.45, 2.75) is 20.0 Å². The summed E-state index contributed by atoms with van der Waals surface area (Å²) in [5, 5.41) is 3.38. The van der Waals surface area contributed by atoms with Crippen molar-refractivity contribution in [2.24, 2.45) is 4.99 Å². The first-order valence-corrected chi connectivity index (χ1v) is 10.8. The summed E-state index contributed by atoms with van der Waals surface area (Å²) in [5.74, 6) is 0.274. The van der Waals surface area contributed by atoms with Crippen LogP contribution in [0.1, 0.15) is 23.6 Å². The van der Waals surface area contributed by atoms with Gasteiger partial charge in [0, 0.05) is 0 Å². The second-order valence-electron chi connectivity index (χ2n) is 6.99. The Hall–Kier alpha value is -3.38. The molecule has 3 aromatic rings. The number of ether oxygens (including phenoxy) is 1. The number of hydrogen-bond acceptors (Lipinski definition) is 4. The number of aliphatic imine (C=N–C) groups is 1. The van der Waals surface area contributed by atoms with Crippen LogP contribution >= 0.6 is 11.8 Å². The molecular weight excluding hydrogens is 411 g/mol. The Morgan fingerprint density at radius 2 is 1.65 bits per heavy atom. The molecule has 0 bridgehead atoms. The number of amidine groups is 1. The van der Waals surface area contributed by atoms with Crippen molar-refractivity contribution in [3.05, 3.63) is 100 Å². The van der Waals surface area contributed by atoms with Crippen LogP contribution in [0.25, 0.3) is 6.08 Å². The molecule has 156 valence electrons. The van der Waals surface area contributed by atoms with Crippen LogP contribution < -0.4 is 10.1 Å². The molecule has 1 heterocycles. The van der Waals surface area contributed by atoms with E-state index in [0.29, 0.717) is 22.4 Å². The third-order valence-electron chi connectivity index (χ3n) is 4.72. The third kappa shape index (κ3) is 5.61. The quantitative estimate of drug-likeness (QED) is 0.497. The fourth-order valence-electron chi connectivity index (χ4n) is 2.96. The molecule has 0 spiro atoms. The Balaban J connectivity index is 1.39. The van der Waals surface area contributed by atoms with Gasteiger partial charge in [-0.15, -0.1) is 0 Å². The summed E-state index contributed by atoms with van der Waals surface area (Å²) in [5.41, 5.74) is 3.84. The van der Waals surface area contributed by atoms with Gasteiger partial charge >= 0.3 is 0 Å². The lowest BCUT2D eigenvalue weighted by molar-refractivity contribution is -0.115. The van der Waals surface area contributed by atoms with E-state index in [0.717, 1.165) is 23.2 Å². The minimum Gasteiger partial charge on any atom is -0.489 e. The number of nitrogens with one attached hydrogen (secondary N) is 1. The van der Waals surface area contributed by atoms with Crippen molar-refractivity contribution in [1.82, 2.24) is 5.32 Å². The van der Waals surface area contributed by atoms with Gasteiger partial charge in [0.2, 0.25) is 0 Å². The van der Waals surface area contributed by atoms with Crippen LogP contribution in [-0.2, 0) is 17.8 Å². The van der Waals surface area contributed by atoms with E-state index >= 15 is 0 Å². The van der Waals surface area contributed by atoms with Gasteiger partial charge in [-0.05, 0) is 77.3 Å². The zero-order valence-corrected chi connectivity index (χ0v) is 17.8. The summed E-state index contributed by atoms with van der Waals surface area (Å²) in [6, 6.07) is 21.7. The van der Waals surface area contributed by atoms with Crippen LogP contribution in [0.5, 0.6) is 5.75 Å². The average Bonchev–Trinajstić information content (AvgIpc) is 3.13. The molecule has 1 aliphatic rings. The number of benzene rings is 3. The average molecular weight is 433 g/mol. The largest absolute Gasteiger partial charge is 0.489 e. The Kier molecular flexibility index (Phi) is 6.48. The molecule has 1 amide bonds. The van der Waals surface area contributed by atoms with Crippen LogP contribution in [0.15, 0.2) is 82.7 Å². The predicted molar refractivity (Wildman–Crippen MR) is 124 cm³/mol. The number of carbonyl (C=O) groups is 1. The highest BCUT2D eigenvalue weighted by molar-refractivity contribution is 8.18. The highest BCUT2D eigenvalue weighted by Gasteiger charge is 2.23. The van der Waals surface area contributed by atoms with Gasteiger partial charge in [0.15, 0.2) is 5.17 Å². The Morgan fingerprint density at radius 3 is 2.32 bits per heavy atom. The van der Waals surface area contributed by atoms with Gasteiger partial charge in [-0.1, -0.05) is 43.3 Å². The first-order chi connectivity index (χ1) is 15.1. The number of amides is 1. The number of rotatable bonds is 6. The van der Waals surface area contributed by atoms with Crippen molar-refractivity contribution in [3.8, 4) is 5.75 Å². The molecule has 0 aliphatic carbocycles. The van der Waals surface area contributed by atoms with Crippen molar-refractivity contribution < 1.29 is 13.9 Å². The van der Waals surface area contributed by atoms with Gasteiger partial charge in [-0.2, -0.15) is 0 Å². The summed E-state index contributed by atoms with van der Waals surface area (Å²) in [6.07, 6.45) is 2.80. The normalized spacial score (nSPS) is 16.0. The standard InChI is InChI=1S/C25H21FN2O2S/c1-2-17-5-11-21(12-6-17)27-25-28-24(29)23(31-25)15-18-7-13-22(14-8-18)30-16-19-3-9-20(26)10-4-19/h3-15H,2,16H2,1H3,(H,27,28,29)/b23-15-. The number of carbonyl (C=O) groups excluding carboxylic acids is 1. The van der Waals surface area contributed by atoms with E-state index in [-0.39, 0.29) is 11.7 Å². The molecule has 0 radical (unpaired) electrons. The molecule has 1 fully saturated rings. The molecule has 1 saturated heterocycles. The van der Waals surface area contributed by atoms with E-state index < -0.39 is 0 Å². The third-order valence-corrected chi connectivity index (χ3v) is 5.63.